The van der Waals surface area contributed by atoms with Crippen molar-refractivity contribution in [1.29, 1.82) is 0 Å². The average molecular weight is 677 g/mol. The van der Waals surface area contributed by atoms with Crippen LogP contribution in [-0.2, 0) is 5.41 Å². The standard InChI is InChI=1S/C51H36N2/c1-51(2)43-22-12-9-20-39(43)49-44(51)32-41(48-40-21-11-14-24-46(40)53(50(48)49)36-17-7-4-8-18-36)35-27-30-47-42(31-35)38-19-10-13-23-45(38)52(47)37-28-25-34(26-29-37)33-15-5-3-6-16-33/h3-32H,1-2H3. The minimum atomic E-state index is -0.154. The van der Waals surface area contributed by atoms with Crippen molar-refractivity contribution in [2.45, 2.75) is 19.3 Å². The minimum absolute atomic E-state index is 0.154. The van der Waals surface area contributed by atoms with Crippen LogP contribution in [0.2, 0.25) is 0 Å². The Morgan fingerprint density at radius 1 is 0.377 bits per heavy atom. The van der Waals surface area contributed by atoms with E-state index in [0.29, 0.717) is 0 Å². The Kier molecular flexibility index (Phi) is 6.33. The summed E-state index contributed by atoms with van der Waals surface area (Å²) in [5.74, 6) is 0. The first-order chi connectivity index (χ1) is 26.1. The van der Waals surface area contributed by atoms with Crippen molar-refractivity contribution in [2.75, 3.05) is 0 Å². The highest BCUT2D eigenvalue weighted by molar-refractivity contribution is 6.22. The van der Waals surface area contributed by atoms with Crippen LogP contribution in [0.5, 0.6) is 0 Å². The Morgan fingerprint density at radius 2 is 0.943 bits per heavy atom. The summed E-state index contributed by atoms with van der Waals surface area (Å²) in [5.41, 5.74) is 17.5. The van der Waals surface area contributed by atoms with E-state index < -0.39 is 0 Å². The quantitative estimate of drug-likeness (QED) is 0.176. The highest BCUT2D eigenvalue weighted by Gasteiger charge is 2.38. The largest absolute Gasteiger partial charge is 0.309 e. The molecule has 0 saturated heterocycles. The number of hydrogen-bond donors (Lipinski definition) is 0. The number of benzene rings is 8. The van der Waals surface area contributed by atoms with Crippen molar-refractivity contribution in [2.24, 2.45) is 0 Å². The number of hydrogen-bond acceptors (Lipinski definition) is 0. The summed E-state index contributed by atoms with van der Waals surface area (Å²) in [7, 11) is 0. The van der Waals surface area contributed by atoms with Gasteiger partial charge in [-0.1, -0.05) is 141 Å². The fourth-order valence-electron chi connectivity index (χ4n) is 9.25. The van der Waals surface area contributed by atoms with Gasteiger partial charge in [0, 0.05) is 43.9 Å². The predicted molar refractivity (Wildman–Crippen MR) is 224 cm³/mol. The van der Waals surface area contributed by atoms with Crippen LogP contribution in [0.4, 0.5) is 0 Å². The lowest BCUT2D eigenvalue weighted by molar-refractivity contribution is 0.661. The van der Waals surface area contributed by atoms with Gasteiger partial charge >= 0.3 is 0 Å². The van der Waals surface area contributed by atoms with Crippen molar-refractivity contribution >= 4 is 43.6 Å². The maximum absolute atomic E-state index is 2.52. The molecule has 2 heterocycles. The van der Waals surface area contributed by atoms with Crippen LogP contribution in [0.15, 0.2) is 182 Å². The Morgan fingerprint density at radius 3 is 1.72 bits per heavy atom. The van der Waals surface area contributed by atoms with E-state index in [4.69, 9.17) is 0 Å². The summed E-state index contributed by atoms with van der Waals surface area (Å²) in [6.45, 7) is 4.78. The summed E-state index contributed by atoms with van der Waals surface area (Å²) in [6, 6.07) is 66.9. The smallest absolute Gasteiger partial charge is 0.0628 e. The first-order valence-corrected chi connectivity index (χ1v) is 18.5. The van der Waals surface area contributed by atoms with Gasteiger partial charge in [-0.15, -0.1) is 0 Å². The molecule has 1 aliphatic rings. The van der Waals surface area contributed by atoms with E-state index in [2.05, 4.69) is 205 Å². The van der Waals surface area contributed by atoms with Crippen LogP contribution in [0, 0.1) is 0 Å². The number of aromatic nitrogens is 2. The van der Waals surface area contributed by atoms with E-state index in [1.165, 1.54) is 93.8 Å². The topological polar surface area (TPSA) is 9.86 Å². The molecule has 2 heteroatoms. The lowest BCUT2D eigenvalue weighted by Gasteiger charge is -2.23. The number of para-hydroxylation sites is 3. The molecule has 0 saturated carbocycles. The fraction of sp³-hybridized carbons (Fsp3) is 0.0588. The average Bonchev–Trinajstić information content (AvgIpc) is 3.82. The molecule has 0 atom stereocenters. The van der Waals surface area contributed by atoms with Gasteiger partial charge in [0.15, 0.2) is 0 Å². The summed E-state index contributed by atoms with van der Waals surface area (Å²) in [4.78, 5) is 0. The summed E-state index contributed by atoms with van der Waals surface area (Å²) in [5, 5.41) is 5.09. The molecule has 1 aliphatic carbocycles. The molecular weight excluding hydrogens is 641 g/mol. The molecule has 0 radical (unpaired) electrons. The molecule has 11 rings (SSSR count). The number of nitrogens with zero attached hydrogens (tertiary/aromatic N) is 2. The zero-order valence-corrected chi connectivity index (χ0v) is 29.7. The van der Waals surface area contributed by atoms with Gasteiger partial charge in [-0.2, -0.15) is 0 Å². The van der Waals surface area contributed by atoms with Gasteiger partial charge in [0.1, 0.15) is 0 Å². The van der Waals surface area contributed by atoms with Crippen molar-refractivity contribution in [3.63, 3.8) is 0 Å². The lowest BCUT2D eigenvalue weighted by Crippen LogP contribution is -2.15. The van der Waals surface area contributed by atoms with E-state index in [-0.39, 0.29) is 5.41 Å². The molecule has 0 amide bonds. The highest BCUT2D eigenvalue weighted by Crippen LogP contribution is 2.55. The van der Waals surface area contributed by atoms with Crippen molar-refractivity contribution < 1.29 is 0 Å². The molecule has 0 spiro atoms. The Bertz CT molecular complexity index is 3050. The molecule has 10 aromatic rings. The maximum Gasteiger partial charge on any atom is 0.0628 e. The van der Waals surface area contributed by atoms with Gasteiger partial charge in [0.25, 0.3) is 0 Å². The molecule has 2 nitrogen and oxygen atoms in total. The Hall–Kier alpha value is -6.64. The molecule has 0 aliphatic heterocycles. The zero-order valence-electron chi connectivity index (χ0n) is 29.7. The van der Waals surface area contributed by atoms with Crippen molar-refractivity contribution in [3.05, 3.63) is 193 Å². The van der Waals surface area contributed by atoms with Crippen molar-refractivity contribution in [1.82, 2.24) is 9.13 Å². The predicted octanol–water partition coefficient (Wildman–Crippen LogP) is 13.5. The second kappa shape index (κ2) is 11.2. The second-order valence-electron chi connectivity index (χ2n) is 14.9. The molecule has 53 heavy (non-hydrogen) atoms. The lowest BCUT2D eigenvalue weighted by atomic mass is 9.81. The van der Waals surface area contributed by atoms with Crippen LogP contribution < -0.4 is 0 Å². The second-order valence-corrected chi connectivity index (χ2v) is 14.9. The number of rotatable bonds is 4. The summed E-state index contributed by atoms with van der Waals surface area (Å²) in [6.07, 6.45) is 0. The summed E-state index contributed by atoms with van der Waals surface area (Å²) >= 11 is 0. The van der Waals surface area contributed by atoms with Gasteiger partial charge in [0.05, 0.1) is 22.1 Å². The minimum Gasteiger partial charge on any atom is -0.309 e. The van der Waals surface area contributed by atoms with Crippen molar-refractivity contribution in [3.8, 4) is 44.8 Å². The van der Waals surface area contributed by atoms with Crippen LogP contribution in [-0.4, -0.2) is 9.13 Å². The molecule has 0 fully saturated rings. The summed E-state index contributed by atoms with van der Waals surface area (Å²) < 4.78 is 4.93. The molecule has 0 bridgehead atoms. The van der Waals surface area contributed by atoms with E-state index in [9.17, 15) is 0 Å². The van der Waals surface area contributed by atoms with E-state index >= 15 is 0 Å². The number of fused-ring (bicyclic) bond motifs is 10. The fourth-order valence-corrected chi connectivity index (χ4v) is 9.25. The van der Waals surface area contributed by atoms with Crippen LogP contribution >= 0.6 is 0 Å². The zero-order chi connectivity index (χ0) is 35.3. The third-order valence-electron chi connectivity index (χ3n) is 11.7. The Balaban J connectivity index is 1.21. The molecule has 0 N–H and O–H groups in total. The normalized spacial score (nSPS) is 13.2. The molecule has 8 aromatic carbocycles. The molecular formula is C51H36N2. The van der Waals surface area contributed by atoms with E-state index in [0.717, 1.165) is 5.69 Å². The third-order valence-corrected chi connectivity index (χ3v) is 11.7. The highest BCUT2D eigenvalue weighted by atomic mass is 15.0. The van der Waals surface area contributed by atoms with Gasteiger partial charge in [-0.25, -0.2) is 0 Å². The monoisotopic (exact) mass is 676 g/mol. The van der Waals surface area contributed by atoms with Gasteiger partial charge in [0.2, 0.25) is 0 Å². The third kappa shape index (κ3) is 4.27. The first-order valence-electron chi connectivity index (χ1n) is 18.5. The van der Waals surface area contributed by atoms with E-state index in [1.54, 1.807) is 0 Å². The molecule has 2 aromatic heterocycles. The van der Waals surface area contributed by atoms with Gasteiger partial charge < -0.3 is 9.13 Å². The van der Waals surface area contributed by atoms with Crippen LogP contribution in [0.1, 0.15) is 25.0 Å². The van der Waals surface area contributed by atoms with Gasteiger partial charge in [-0.3, -0.25) is 0 Å². The van der Waals surface area contributed by atoms with Crippen LogP contribution in [0.3, 0.4) is 0 Å². The Labute approximate surface area is 308 Å². The first kappa shape index (κ1) is 30.0. The maximum atomic E-state index is 2.52. The SMILES string of the molecule is CC1(C)c2ccccc2-c2c1cc(-c1ccc3c(c1)c1ccccc1n3-c1ccc(-c3ccccc3)cc1)c1c3ccccc3n(-c3ccccc3)c21. The molecule has 250 valence electrons. The van der Waals surface area contributed by atoms with Crippen LogP contribution in [0.25, 0.3) is 88.4 Å². The van der Waals surface area contributed by atoms with Gasteiger partial charge in [-0.05, 0) is 93.5 Å². The molecule has 0 unspecified atom stereocenters. The van der Waals surface area contributed by atoms with E-state index in [1.807, 2.05) is 0 Å².